The van der Waals surface area contributed by atoms with Crippen LogP contribution in [0.4, 0.5) is 7.77 Å². The molecule has 0 fully saturated rings. The van der Waals surface area contributed by atoms with E-state index < -0.39 is 42.2 Å². The van der Waals surface area contributed by atoms with Gasteiger partial charge in [0.25, 0.3) is 0 Å². The van der Waals surface area contributed by atoms with Crippen molar-refractivity contribution in [1.29, 1.82) is 0 Å². The van der Waals surface area contributed by atoms with Crippen molar-refractivity contribution in [3.63, 3.8) is 0 Å². The van der Waals surface area contributed by atoms with E-state index in [0.717, 1.165) is 0 Å². The van der Waals surface area contributed by atoms with E-state index in [9.17, 15) is 37.2 Å². The summed E-state index contributed by atoms with van der Waals surface area (Å²) in [5.74, 6) is 0. The predicted octanol–water partition coefficient (Wildman–Crippen LogP) is -0.640. The number of hydrogen-bond acceptors (Lipinski definition) is 7. The molecule has 0 aromatic rings. The minimum atomic E-state index is -5.85. The van der Waals surface area contributed by atoms with Gasteiger partial charge in [0.05, 0.1) is 0 Å². The van der Waals surface area contributed by atoms with Gasteiger partial charge in [-0.15, -0.1) is 7.77 Å². The van der Waals surface area contributed by atoms with Crippen LogP contribution >= 0.6 is 0 Å². The minimum Gasteiger partial charge on any atom is -0.498 e. The molecule has 0 spiro atoms. The fourth-order valence-electron chi connectivity index (χ4n) is 0.296. The summed E-state index contributed by atoms with van der Waals surface area (Å²) in [6, 6.07) is 0. The Kier molecular flexibility index (Phi) is 4.86. The van der Waals surface area contributed by atoms with Gasteiger partial charge in [0.15, 0.2) is 0 Å². The largest absolute Gasteiger partial charge is 0.498 e. The van der Waals surface area contributed by atoms with Gasteiger partial charge in [-0.25, -0.2) is 16.8 Å². The molecule has 0 saturated carbocycles. The third-order valence-corrected chi connectivity index (χ3v) is 4.45. The van der Waals surface area contributed by atoms with E-state index in [1.807, 2.05) is 4.13 Å². The lowest BCUT2D eigenvalue weighted by molar-refractivity contribution is 0.558. The molecule has 0 saturated heterocycles. The maximum atomic E-state index is 11.7. The molecule has 0 aliphatic rings. The summed E-state index contributed by atoms with van der Waals surface area (Å²) in [6.45, 7) is 0. The monoisotopic (exact) mass is 320 g/mol. The van der Waals surface area contributed by atoms with E-state index in [0.29, 0.717) is 0 Å². The van der Waals surface area contributed by atoms with Gasteiger partial charge in [0, 0.05) is 10.2 Å². The smallest absolute Gasteiger partial charge is 0.238 e. The molecule has 1 unspecified atom stereocenters. The van der Waals surface area contributed by atoms with Gasteiger partial charge >= 0.3 is 0 Å². The first-order valence-corrected chi connectivity index (χ1v) is 7.71. The molecule has 0 aliphatic heterocycles. The van der Waals surface area contributed by atoms with Gasteiger partial charge in [-0.2, -0.15) is 11.2 Å². The maximum Gasteiger partial charge on any atom is 0.238 e. The van der Waals surface area contributed by atoms with Crippen LogP contribution in [0.25, 0.3) is 12.4 Å². The van der Waals surface area contributed by atoms with Crippen molar-refractivity contribution in [1.82, 2.24) is 0 Å². The third-order valence-electron chi connectivity index (χ3n) is 0.494. The highest BCUT2D eigenvalue weighted by molar-refractivity contribution is 8.21. The highest BCUT2D eigenvalue weighted by atomic mass is 32.3. The topological polar surface area (TPSA) is 162 Å². The molecular weight excluding hydrogens is 320 g/mol. The Morgan fingerprint density at radius 2 is 1.25 bits per heavy atom. The summed E-state index contributed by atoms with van der Waals surface area (Å²) in [5, 5.41) is 0. The molecule has 0 aromatic heterocycles. The fraction of sp³-hybridized carbons (Fsp3) is 0. The van der Waals surface area contributed by atoms with Crippen LogP contribution < -0.4 is 0 Å². The number of hydrogen-bond donors (Lipinski definition) is 0. The van der Waals surface area contributed by atoms with E-state index in [2.05, 4.69) is 0 Å². The van der Waals surface area contributed by atoms with Gasteiger partial charge in [0.2, 0.25) is 20.8 Å². The van der Waals surface area contributed by atoms with Crippen LogP contribution in [0, 0.1) is 0 Å². The molecule has 1 atom stereocenters. The Morgan fingerprint density at radius 3 is 1.56 bits per heavy atom. The fourth-order valence-corrected chi connectivity index (χ4v) is 3.16. The number of halogens is 2. The Labute approximate surface area is 92.0 Å². The number of nitrogens with zero attached hydrogens (tertiary/aromatic N) is 3. The van der Waals surface area contributed by atoms with E-state index >= 15 is 0 Å². The lowest BCUT2D eigenvalue weighted by Gasteiger charge is -2.32. The van der Waals surface area contributed by atoms with Gasteiger partial charge < -0.3 is 16.6 Å². The first-order valence-electron chi connectivity index (χ1n) is 2.57. The average Bonchev–Trinajstić information content (AvgIpc) is 1.70. The summed E-state index contributed by atoms with van der Waals surface area (Å²) in [6.07, 6.45) is 0. The molecule has 0 radical (unpaired) electrons. The summed E-state index contributed by atoms with van der Waals surface area (Å²) in [4.78, 5) is 0. The molecule has 0 heterocycles. The van der Waals surface area contributed by atoms with Crippen LogP contribution in [0.2, 0.25) is 0 Å². The average molecular weight is 320 g/mol. The third kappa shape index (κ3) is 9.00. The summed E-state index contributed by atoms with van der Waals surface area (Å²) in [7, 11) is -17.0. The zero-order valence-corrected chi connectivity index (χ0v) is 9.85. The van der Waals surface area contributed by atoms with E-state index in [1.54, 1.807) is 4.13 Å². The van der Waals surface area contributed by atoms with Gasteiger partial charge in [-0.3, -0.25) is 8.42 Å². The van der Waals surface area contributed by atoms with Gasteiger partial charge in [-0.05, 0) is 0 Å². The van der Waals surface area contributed by atoms with Crippen LogP contribution in [-0.2, 0) is 42.2 Å². The Balaban J connectivity index is 4.70. The molecule has 0 N–H and O–H groups in total. The Hall–Kier alpha value is -0.260. The van der Waals surface area contributed by atoms with Crippen LogP contribution in [0.1, 0.15) is 0 Å². The molecule has 10 nitrogen and oxygen atoms in total. The highest BCUT2D eigenvalue weighted by Gasteiger charge is 1.98. The zero-order valence-electron chi connectivity index (χ0n) is 6.59. The molecule has 98 valence electrons. The summed E-state index contributed by atoms with van der Waals surface area (Å²) >= 11 is -3.52. The van der Waals surface area contributed by atoms with Gasteiger partial charge in [-0.1, -0.05) is 0 Å². The van der Waals surface area contributed by atoms with E-state index in [1.165, 1.54) is 4.13 Å². The van der Waals surface area contributed by atoms with Crippen molar-refractivity contribution in [2.24, 2.45) is 0 Å². The first-order chi connectivity index (χ1) is 6.81. The molecule has 0 aromatic carbocycles. The van der Waals surface area contributed by atoms with Crippen molar-refractivity contribution in [2.45, 2.75) is 0 Å². The van der Waals surface area contributed by atoms with Crippen molar-refractivity contribution < 1.29 is 37.2 Å². The molecule has 16 heteroatoms. The number of rotatable bonds is 6. The van der Waals surface area contributed by atoms with E-state index in [-0.39, 0.29) is 0 Å². The lowest BCUT2D eigenvalue weighted by atomic mass is 13.8. The van der Waals surface area contributed by atoms with Crippen molar-refractivity contribution >= 4 is 42.2 Å². The SMILES string of the molecule is O=S([N-]S(=O)(=O)F)[N-]S(=O)(=O)[N-]S(=O)(=O)F. The molecule has 0 amide bonds. The van der Waals surface area contributed by atoms with Crippen molar-refractivity contribution in [3.05, 3.63) is 12.4 Å². The standard InChI is InChI=1S/F2N3O7S4/c1-14(7,8)3-13(6)4-16(11,12)5-15(2,9)10/q-3. The highest BCUT2D eigenvalue weighted by Crippen LogP contribution is 2.22. The molecule has 0 aliphatic carbocycles. The van der Waals surface area contributed by atoms with Crippen LogP contribution in [-0.4, -0.2) is 29.5 Å². The second-order valence-corrected chi connectivity index (χ2v) is 6.52. The first kappa shape index (κ1) is 15.7. The summed E-state index contributed by atoms with van der Waals surface area (Å²) < 4.78 is 98.4. The van der Waals surface area contributed by atoms with Gasteiger partial charge in [0.1, 0.15) is 0 Å². The van der Waals surface area contributed by atoms with E-state index in [4.69, 9.17) is 0 Å². The molecule has 0 bridgehead atoms. The molecule has 0 rings (SSSR count). The van der Waals surface area contributed by atoms with Crippen LogP contribution in [0.15, 0.2) is 0 Å². The predicted molar refractivity (Wildman–Crippen MR) is 47.2 cm³/mol. The summed E-state index contributed by atoms with van der Waals surface area (Å²) in [5.41, 5.74) is 0. The Morgan fingerprint density at radius 1 is 0.812 bits per heavy atom. The lowest BCUT2D eigenvalue weighted by Crippen LogP contribution is -2.04. The van der Waals surface area contributed by atoms with Crippen molar-refractivity contribution in [2.75, 3.05) is 0 Å². The minimum absolute atomic E-state index is 1.45. The second kappa shape index (κ2) is 4.94. The Bertz CT molecular complexity index is 569. The van der Waals surface area contributed by atoms with Crippen LogP contribution in [0.5, 0.6) is 0 Å². The molecule has 16 heavy (non-hydrogen) atoms. The van der Waals surface area contributed by atoms with Crippen molar-refractivity contribution in [3.8, 4) is 0 Å². The zero-order chi connectivity index (χ0) is 13.2. The quantitative estimate of drug-likeness (QED) is 0.587. The second-order valence-electron chi connectivity index (χ2n) is 1.73. The molecular formula is F2N3O7S4-3. The normalized spacial score (nSPS) is 15.9. The van der Waals surface area contributed by atoms with Crippen LogP contribution in [0.3, 0.4) is 0 Å². The maximum absolute atomic E-state index is 11.7.